The summed E-state index contributed by atoms with van der Waals surface area (Å²) in [5.41, 5.74) is 6.06. The summed E-state index contributed by atoms with van der Waals surface area (Å²) >= 11 is 0. The van der Waals surface area contributed by atoms with E-state index in [4.69, 9.17) is 5.73 Å². The van der Waals surface area contributed by atoms with Crippen molar-refractivity contribution in [2.24, 2.45) is 11.7 Å². The second-order valence-electron chi connectivity index (χ2n) is 4.88. The van der Waals surface area contributed by atoms with Gasteiger partial charge in [-0.25, -0.2) is 0 Å². The van der Waals surface area contributed by atoms with E-state index in [1.165, 1.54) is 19.3 Å². The molecular weight excluding hydrogens is 174 g/mol. The summed E-state index contributed by atoms with van der Waals surface area (Å²) in [6.07, 6.45) is 7.30. The molecule has 0 spiro atoms. The van der Waals surface area contributed by atoms with Gasteiger partial charge in [0.05, 0.1) is 0 Å². The van der Waals surface area contributed by atoms with E-state index in [1.807, 2.05) is 6.92 Å². The van der Waals surface area contributed by atoms with Crippen LogP contribution in [-0.4, -0.2) is 11.3 Å². The maximum absolute atomic E-state index is 11.8. The summed E-state index contributed by atoms with van der Waals surface area (Å²) in [4.78, 5) is 11.8. The quantitative estimate of drug-likeness (QED) is 0.753. The van der Waals surface area contributed by atoms with Crippen molar-refractivity contribution in [1.29, 1.82) is 0 Å². The predicted octanol–water partition coefficient (Wildman–Crippen LogP) is 2.65. The normalized spacial score (nSPS) is 23.1. The molecule has 1 atom stereocenters. The minimum absolute atomic E-state index is 0.168. The maximum Gasteiger partial charge on any atom is 0.137 e. The molecule has 82 valence electrons. The van der Waals surface area contributed by atoms with E-state index in [-0.39, 0.29) is 11.5 Å². The predicted molar refractivity (Wildman–Crippen MR) is 59.1 cm³/mol. The van der Waals surface area contributed by atoms with Gasteiger partial charge in [-0.15, -0.1) is 0 Å². The molecule has 1 aliphatic rings. The summed E-state index contributed by atoms with van der Waals surface area (Å²) < 4.78 is 0. The molecule has 2 heteroatoms. The first-order chi connectivity index (χ1) is 6.57. The molecule has 0 aliphatic heterocycles. The van der Waals surface area contributed by atoms with Crippen LogP contribution in [0.25, 0.3) is 0 Å². The van der Waals surface area contributed by atoms with Gasteiger partial charge in [0.25, 0.3) is 0 Å². The number of hydrogen-bond donors (Lipinski definition) is 1. The molecule has 0 saturated heterocycles. The lowest BCUT2D eigenvalue weighted by Gasteiger charge is -2.33. The molecule has 1 aliphatic carbocycles. The lowest BCUT2D eigenvalue weighted by molar-refractivity contribution is -0.123. The largest absolute Gasteiger partial charge is 0.325 e. The molecule has 1 rings (SSSR count). The van der Waals surface area contributed by atoms with Crippen molar-refractivity contribution in [3.63, 3.8) is 0 Å². The maximum atomic E-state index is 11.8. The van der Waals surface area contributed by atoms with Gasteiger partial charge in [0.2, 0.25) is 0 Å². The number of Topliss-reactive ketones (excluding diaryl/α,β-unsaturated/α-hetero) is 1. The average Bonchev–Trinajstić information content (AvgIpc) is 2.17. The van der Waals surface area contributed by atoms with Crippen LogP contribution in [0.4, 0.5) is 0 Å². The third-order valence-electron chi connectivity index (χ3n) is 3.54. The summed E-state index contributed by atoms with van der Waals surface area (Å²) in [6, 6.07) is 0. The number of rotatable bonds is 4. The van der Waals surface area contributed by atoms with Gasteiger partial charge < -0.3 is 5.73 Å². The molecule has 0 aromatic rings. The van der Waals surface area contributed by atoms with Crippen LogP contribution in [0.15, 0.2) is 0 Å². The smallest absolute Gasteiger partial charge is 0.137 e. The molecule has 1 saturated carbocycles. The van der Waals surface area contributed by atoms with Gasteiger partial charge in [-0.05, 0) is 19.3 Å². The number of carbonyl (C=O) groups excluding carboxylic acids is 1. The molecule has 14 heavy (non-hydrogen) atoms. The Kier molecular flexibility index (Phi) is 4.11. The fraction of sp³-hybridized carbons (Fsp3) is 0.917. The van der Waals surface area contributed by atoms with E-state index < -0.39 is 0 Å². The van der Waals surface area contributed by atoms with E-state index in [1.54, 1.807) is 0 Å². The van der Waals surface area contributed by atoms with Crippen LogP contribution in [0.3, 0.4) is 0 Å². The molecule has 1 unspecified atom stereocenters. The summed E-state index contributed by atoms with van der Waals surface area (Å²) in [7, 11) is 0. The van der Waals surface area contributed by atoms with Crippen LogP contribution in [0.1, 0.15) is 58.8 Å². The van der Waals surface area contributed by atoms with E-state index in [2.05, 4.69) is 6.92 Å². The fourth-order valence-electron chi connectivity index (χ4n) is 2.18. The summed E-state index contributed by atoms with van der Waals surface area (Å²) in [6.45, 7) is 4.07. The van der Waals surface area contributed by atoms with Crippen molar-refractivity contribution in [1.82, 2.24) is 0 Å². The van der Waals surface area contributed by atoms with Gasteiger partial charge in [0.1, 0.15) is 5.78 Å². The Labute approximate surface area is 87.2 Å². The zero-order chi connectivity index (χ0) is 10.6. The monoisotopic (exact) mass is 197 g/mol. The Morgan fingerprint density at radius 3 is 2.43 bits per heavy atom. The Bertz CT molecular complexity index is 194. The minimum Gasteiger partial charge on any atom is -0.325 e. The third-order valence-corrected chi connectivity index (χ3v) is 3.54. The van der Waals surface area contributed by atoms with E-state index in [0.717, 1.165) is 19.3 Å². The van der Waals surface area contributed by atoms with Gasteiger partial charge in [-0.3, -0.25) is 4.79 Å². The molecule has 0 aromatic heterocycles. The lowest BCUT2D eigenvalue weighted by atomic mass is 9.77. The second kappa shape index (κ2) is 4.92. The molecule has 0 aromatic carbocycles. The number of nitrogens with two attached hydrogens (primary N) is 1. The number of ketones is 1. The van der Waals surface area contributed by atoms with E-state index in [0.29, 0.717) is 12.2 Å². The van der Waals surface area contributed by atoms with Gasteiger partial charge in [-0.2, -0.15) is 0 Å². The van der Waals surface area contributed by atoms with Crippen molar-refractivity contribution >= 4 is 5.78 Å². The van der Waals surface area contributed by atoms with Crippen molar-refractivity contribution < 1.29 is 4.79 Å². The van der Waals surface area contributed by atoms with Crippen molar-refractivity contribution in [3.8, 4) is 0 Å². The highest BCUT2D eigenvalue weighted by molar-refractivity contribution is 5.81. The standard InChI is InChI=1S/C12H23NO/c1-3-10(2)11(14)9-12(13)7-5-4-6-8-12/h10H,3-9,13H2,1-2H3. The molecule has 1 fully saturated rings. The Hall–Kier alpha value is -0.370. The molecule has 0 bridgehead atoms. The second-order valence-corrected chi connectivity index (χ2v) is 4.88. The summed E-state index contributed by atoms with van der Waals surface area (Å²) in [5, 5.41) is 0. The molecule has 0 radical (unpaired) electrons. The van der Waals surface area contributed by atoms with Crippen molar-refractivity contribution in [3.05, 3.63) is 0 Å². The highest BCUT2D eigenvalue weighted by Gasteiger charge is 2.30. The molecule has 0 amide bonds. The lowest BCUT2D eigenvalue weighted by Crippen LogP contribution is -2.44. The molecule has 2 nitrogen and oxygen atoms in total. The third kappa shape index (κ3) is 3.09. The molecule has 0 heterocycles. The fourth-order valence-corrected chi connectivity index (χ4v) is 2.18. The van der Waals surface area contributed by atoms with Gasteiger partial charge in [-0.1, -0.05) is 33.1 Å². The minimum atomic E-state index is -0.168. The SMILES string of the molecule is CCC(C)C(=O)CC1(N)CCCCC1. The highest BCUT2D eigenvalue weighted by Crippen LogP contribution is 2.29. The average molecular weight is 197 g/mol. The molecular formula is C12H23NO. The van der Waals surface area contributed by atoms with Crippen molar-refractivity contribution in [2.45, 2.75) is 64.3 Å². The zero-order valence-corrected chi connectivity index (χ0v) is 9.51. The van der Waals surface area contributed by atoms with Crippen LogP contribution in [0.2, 0.25) is 0 Å². The van der Waals surface area contributed by atoms with Crippen LogP contribution < -0.4 is 5.73 Å². The van der Waals surface area contributed by atoms with E-state index >= 15 is 0 Å². The topological polar surface area (TPSA) is 43.1 Å². The van der Waals surface area contributed by atoms with Gasteiger partial charge in [0.15, 0.2) is 0 Å². The number of carbonyl (C=O) groups is 1. The zero-order valence-electron chi connectivity index (χ0n) is 9.51. The van der Waals surface area contributed by atoms with E-state index in [9.17, 15) is 4.79 Å². The Balaban J connectivity index is 2.44. The summed E-state index contributed by atoms with van der Waals surface area (Å²) in [5.74, 6) is 0.550. The van der Waals surface area contributed by atoms with Crippen LogP contribution in [-0.2, 0) is 4.79 Å². The van der Waals surface area contributed by atoms with Gasteiger partial charge in [0, 0.05) is 17.9 Å². The molecule has 2 N–H and O–H groups in total. The highest BCUT2D eigenvalue weighted by atomic mass is 16.1. The first-order valence-corrected chi connectivity index (χ1v) is 5.89. The first kappa shape index (κ1) is 11.7. The van der Waals surface area contributed by atoms with Crippen LogP contribution in [0.5, 0.6) is 0 Å². The first-order valence-electron chi connectivity index (χ1n) is 5.89. The Morgan fingerprint density at radius 1 is 1.36 bits per heavy atom. The number of hydrogen-bond acceptors (Lipinski definition) is 2. The van der Waals surface area contributed by atoms with Crippen molar-refractivity contribution in [2.75, 3.05) is 0 Å². The Morgan fingerprint density at radius 2 is 1.93 bits per heavy atom. The van der Waals surface area contributed by atoms with Crippen LogP contribution >= 0.6 is 0 Å². The van der Waals surface area contributed by atoms with Gasteiger partial charge >= 0.3 is 0 Å². The van der Waals surface area contributed by atoms with Crippen LogP contribution in [0, 0.1) is 5.92 Å².